The number of ether oxygens (including phenoxy) is 1. The molecule has 0 spiro atoms. The Morgan fingerprint density at radius 3 is 2.79 bits per heavy atom. The lowest BCUT2D eigenvalue weighted by molar-refractivity contribution is -0.147. The van der Waals surface area contributed by atoms with Crippen molar-refractivity contribution in [2.75, 3.05) is 13.2 Å². The molecule has 0 radical (unpaired) electrons. The number of aliphatic carboxylic acids is 1. The fourth-order valence-corrected chi connectivity index (χ4v) is 3.39. The number of carbonyl (C=O) groups is 2. The van der Waals surface area contributed by atoms with Crippen LogP contribution in [0.1, 0.15) is 24.1 Å². The Bertz CT molecular complexity index is 496. The molecule has 7 heteroatoms. The van der Waals surface area contributed by atoms with Crippen molar-refractivity contribution in [1.82, 2.24) is 5.32 Å². The summed E-state index contributed by atoms with van der Waals surface area (Å²) in [6.45, 7) is 2.14. The molecule has 2 rings (SSSR count). The van der Waals surface area contributed by atoms with Gasteiger partial charge in [-0.25, -0.2) is 4.79 Å². The summed E-state index contributed by atoms with van der Waals surface area (Å²) in [5.74, 6) is -1.71. The van der Waals surface area contributed by atoms with Crippen LogP contribution in [0, 0.1) is 0 Å². The van der Waals surface area contributed by atoms with Crippen LogP contribution in [0.3, 0.4) is 0 Å². The highest BCUT2D eigenvalue weighted by Crippen LogP contribution is 2.29. The molecule has 5 nitrogen and oxygen atoms in total. The van der Waals surface area contributed by atoms with Crippen molar-refractivity contribution >= 4 is 39.1 Å². The van der Waals surface area contributed by atoms with Crippen LogP contribution in [-0.2, 0) is 14.3 Å². The minimum atomic E-state index is -1.28. The van der Waals surface area contributed by atoms with Gasteiger partial charge in [0, 0.05) is 17.9 Å². The zero-order chi connectivity index (χ0) is 14.0. The molecular formula is C12H14BrNO4S. The molecule has 2 heterocycles. The van der Waals surface area contributed by atoms with Gasteiger partial charge in [0.1, 0.15) is 0 Å². The van der Waals surface area contributed by atoms with E-state index in [0.29, 0.717) is 13.0 Å². The van der Waals surface area contributed by atoms with E-state index in [1.54, 1.807) is 6.92 Å². The summed E-state index contributed by atoms with van der Waals surface area (Å²) >= 11 is 4.81. The van der Waals surface area contributed by atoms with Gasteiger partial charge in [0.15, 0.2) is 5.54 Å². The molecule has 0 aromatic carbocycles. The predicted octanol–water partition coefficient (Wildman–Crippen LogP) is 1.97. The highest BCUT2D eigenvalue weighted by atomic mass is 79.9. The van der Waals surface area contributed by atoms with Crippen molar-refractivity contribution in [3.8, 4) is 0 Å². The number of hydrogen-bond acceptors (Lipinski definition) is 4. The molecule has 2 atom stereocenters. The average molecular weight is 348 g/mol. The van der Waals surface area contributed by atoms with Crippen molar-refractivity contribution in [1.29, 1.82) is 0 Å². The second-order valence-electron chi connectivity index (χ2n) is 4.54. The molecule has 1 saturated heterocycles. The second kappa shape index (κ2) is 5.60. The van der Waals surface area contributed by atoms with Gasteiger partial charge >= 0.3 is 5.97 Å². The highest BCUT2D eigenvalue weighted by Gasteiger charge is 2.44. The van der Waals surface area contributed by atoms with Crippen molar-refractivity contribution in [2.24, 2.45) is 0 Å². The normalized spacial score (nSPS) is 24.1. The monoisotopic (exact) mass is 347 g/mol. The lowest BCUT2D eigenvalue weighted by Gasteiger charge is -2.25. The van der Waals surface area contributed by atoms with Gasteiger partial charge in [0.05, 0.1) is 16.3 Å². The molecule has 1 aromatic rings. The van der Waals surface area contributed by atoms with Crippen LogP contribution in [0.2, 0.25) is 0 Å². The Morgan fingerprint density at radius 1 is 1.58 bits per heavy atom. The van der Waals surface area contributed by atoms with Gasteiger partial charge in [-0.3, -0.25) is 4.79 Å². The standard InChI is InChI=1S/C12H14BrNO4S/c1-7(8-2-3-9(13)19-8)10(15)14-12(11(16)17)4-5-18-6-12/h2-3,7H,4-6H2,1H3,(H,14,15)(H,16,17). The lowest BCUT2D eigenvalue weighted by atomic mass is 9.97. The number of nitrogens with one attached hydrogen (secondary N) is 1. The van der Waals surface area contributed by atoms with Gasteiger partial charge < -0.3 is 15.2 Å². The molecular weight excluding hydrogens is 334 g/mol. The van der Waals surface area contributed by atoms with Gasteiger partial charge in [-0.1, -0.05) is 0 Å². The summed E-state index contributed by atoms with van der Waals surface area (Å²) in [7, 11) is 0. The molecule has 0 saturated carbocycles. The molecule has 19 heavy (non-hydrogen) atoms. The molecule has 2 unspecified atom stereocenters. The minimum Gasteiger partial charge on any atom is -0.479 e. The molecule has 0 bridgehead atoms. The van der Waals surface area contributed by atoms with Crippen LogP contribution in [0.25, 0.3) is 0 Å². The molecule has 104 valence electrons. The van der Waals surface area contributed by atoms with Crippen LogP contribution in [0.4, 0.5) is 0 Å². The van der Waals surface area contributed by atoms with Crippen LogP contribution in [0.15, 0.2) is 15.9 Å². The van der Waals surface area contributed by atoms with E-state index >= 15 is 0 Å². The van der Waals surface area contributed by atoms with Crippen molar-refractivity contribution in [3.05, 3.63) is 20.8 Å². The van der Waals surface area contributed by atoms with E-state index in [0.717, 1.165) is 8.66 Å². The number of carboxylic acid groups (broad SMARTS) is 1. The number of rotatable bonds is 4. The lowest BCUT2D eigenvalue weighted by Crippen LogP contribution is -2.56. The minimum absolute atomic E-state index is 0.0227. The van der Waals surface area contributed by atoms with Crippen LogP contribution >= 0.6 is 27.3 Å². The van der Waals surface area contributed by atoms with E-state index < -0.39 is 11.5 Å². The first-order valence-corrected chi connectivity index (χ1v) is 7.44. The van der Waals surface area contributed by atoms with Crippen molar-refractivity contribution in [2.45, 2.75) is 24.8 Å². The number of carboxylic acids is 1. The molecule has 1 aliphatic heterocycles. The summed E-state index contributed by atoms with van der Waals surface area (Å²) in [4.78, 5) is 24.4. The Balaban J connectivity index is 2.09. The fraction of sp³-hybridized carbons (Fsp3) is 0.500. The fourth-order valence-electron chi connectivity index (χ4n) is 1.92. The van der Waals surface area contributed by atoms with Crippen molar-refractivity contribution in [3.63, 3.8) is 0 Å². The van der Waals surface area contributed by atoms with E-state index in [1.165, 1.54) is 11.3 Å². The Hall–Kier alpha value is -0.920. The second-order valence-corrected chi connectivity index (χ2v) is 7.04. The first-order valence-electron chi connectivity index (χ1n) is 5.83. The summed E-state index contributed by atoms with van der Waals surface area (Å²) in [6.07, 6.45) is 0.301. The number of amides is 1. The van der Waals surface area contributed by atoms with Gasteiger partial charge in [-0.15, -0.1) is 11.3 Å². The summed E-state index contributed by atoms with van der Waals surface area (Å²) in [5, 5.41) is 11.9. The van der Waals surface area contributed by atoms with Crippen LogP contribution < -0.4 is 5.32 Å². The number of halogens is 1. The molecule has 1 amide bonds. The van der Waals surface area contributed by atoms with Gasteiger partial charge in [0.2, 0.25) is 5.91 Å². The van der Waals surface area contributed by atoms with E-state index in [-0.39, 0.29) is 18.4 Å². The van der Waals surface area contributed by atoms with Crippen molar-refractivity contribution < 1.29 is 19.4 Å². The molecule has 1 aromatic heterocycles. The zero-order valence-electron chi connectivity index (χ0n) is 10.3. The topological polar surface area (TPSA) is 75.6 Å². The van der Waals surface area contributed by atoms with Crippen LogP contribution in [-0.4, -0.2) is 35.7 Å². The summed E-state index contributed by atoms with van der Waals surface area (Å²) in [6, 6.07) is 3.73. The van der Waals surface area contributed by atoms with E-state index in [4.69, 9.17) is 4.74 Å². The highest BCUT2D eigenvalue weighted by molar-refractivity contribution is 9.11. The van der Waals surface area contributed by atoms with Gasteiger partial charge in [-0.05, 0) is 35.0 Å². The quantitative estimate of drug-likeness (QED) is 0.872. The molecule has 1 aliphatic rings. The summed E-state index contributed by atoms with van der Waals surface area (Å²) < 4.78 is 6.06. The first kappa shape index (κ1) is 14.5. The summed E-state index contributed by atoms with van der Waals surface area (Å²) in [5.41, 5.74) is -1.28. The third-order valence-corrected chi connectivity index (χ3v) is 5.01. The van der Waals surface area contributed by atoms with Gasteiger partial charge in [0.25, 0.3) is 0 Å². The molecule has 2 N–H and O–H groups in total. The zero-order valence-corrected chi connectivity index (χ0v) is 12.7. The maximum atomic E-state index is 12.2. The Kier molecular flexibility index (Phi) is 4.27. The van der Waals surface area contributed by atoms with E-state index in [9.17, 15) is 14.7 Å². The van der Waals surface area contributed by atoms with E-state index in [2.05, 4.69) is 21.2 Å². The molecule has 1 fully saturated rings. The number of thiophene rings is 1. The SMILES string of the molecule is CC(C(=O)NC1(C(=O)O)CCOC1)c1ccc(Br)s1. The van der Waals surface area contributed by atoms with E-state index in [1.807, 2.05) is 12.1 Å². The number of hydrogen-bond donors (Lipinski definition) is 2. The van der Waals surface area contributed by atoms with Crippen LogP contribution in [0.5, 0.6) is 0 Å². The Morgan fingerprint density at radius 2 is 2.32 bits per heavy atom. The maximum Gasteiger partial charge on any atom is 0.331 e. The third kappa shape index (κ3) is 2.98. The Labute approximate surface area is 123 Å². The third-order valence-electron chi connectivity index (χ3n) is 3.21. The molecule has 0 aliphatic carbocycles. The van der Waals surface area contributed by atoms with Gasteiger partial charge in [-0.2, -0.15) is 0 Å². The number of carbonyl (C=O) groups excluding carboxylic acids is 1. The smallest absolute Gasteiger partial charge is 0.331 e. The average Bonchev–Trinajstić information content (AvgIpc) is 2.98. The first-order chi connectivity index (χ1) is 8.94. The maximum absolute atomic E-state index is 12.2. The predicted molar refractivity (Wildman–Crippen MR) is 74.4 cm³/mol. The largest absolute Gasteiger partial charge is 0.479 e.